The average Bonchev–Trinajstić information content (AvgIpc) is 2.66. The number of aromatic hydroxyl groups is 2. The number of aromatic carboxylic acids is 2. The van der Waals surface area contributed by atoms with Crippen LogP contribution in [0.3, 0.4) is 0 Å². The van der Waals surface area contributed by atoms with Crippen LogP contribution in [0, 0.1) is 27.7 Å². The predicted octanol–water partition coefficient (Wildman–Crippen LogP) is 5.06. The Bertz CT molecular complexity index is 1080. The molecule has 0 atom stereocenters. The molecule has 0 aliphatic rings. The second kappa shape index (κ2) is 7.55. The lowest BCUT2D eigenvalue weighted by atomic mass is 9.81. The molecule has 0 fully saturated rings. The summed E-state index contributed by atoms with van der Waals surface area (Å²) >= 11 is 0. The molecule has 0 saturated heterocycles. The Morgan fingerprint density at radius 2 is 0.900 bits per heavy atom. The van der Waals surface area contributed by atoms with Gasteiger partial charge in [-0.3, -0.25) is 0 Å². The van der Waals surface area contributed by atoms with Crippen molar-refractivity contribution in [3.8, 4) is 33.8 Å². The fraction of sp³-hybridized carbons (Fsp3) is 0.167. The fourth-order valence-electron chi connectivity index (χ4n) is 3.97. The summed E-state index contributed by atoms with van der Waals surface area (Å²) in [6.45, 7) is 7.33. The standard InChI is InChI=1S/C24H22O6/c1-11-12(2)22(20-10-16(26)6-8-18(20)24(29)30)14(4)13(3)21(11)19-9-15(25)5-7-17(19)23(27)28/h5-10,25-26H,1-4H3,(H,27,28)(H,29,30). The Kier molecular flexibility index (Phi) is 5.27. The predicted molar refractivity (Wildman–Crippen MR) is 114 cm³/mol. The molecule has 30 heavy (non-hydrogen) atoms. The zero-order valence-electron chi connectivity index (χ0n) is 17.1. The molecule has 0 aromatic heterocycles. The molecule has 0 heterocycles. The van der Waals surface area contributed by atoms with Crippen LogP contribution in [0.5, 0.6) is 11.5 Å². The van der Waals surface area contributed by atoms with Gasteiger partial charge in [0.25, 0.3) is 0 Å². The zero-order chi connectivity index (χ0) is 22.3. The maximum atomic E-state index is 11.8. The topological polar surface area (TPSA) is 115 Å². The summed E-state index contributed by atoms with van der Waals surface area (Å²) < 4.78 is 0. The summed E-state index contributed by atoms with van der Waals surface area (Å²) in [6, 6.07) is 8.24. The molecule has 3 rings (SSSR count). The lowest BCUT2D eigenvalue weighted by molar-refractivity contribution is 0.0686. The molecule has 3 aromatic rings. The van der Waals surface area contributed by atoms with E-state index in [-0.39, 0.29) is 22.6 Å². The van der Waals surface area contributed by atoms with Crippen LogP contribution in [-0.4, -0.2) is 32.4 Å². The van der Waals surface area contributed by atoms with Crippen molar-refractivity contribution in [2.45, 2.75) is 27.7 Å². The molecule has 4 N–H and O–H groups in total. The molecule has 0 aliphatic carbocycles. The van der Waals surface area contributed by atoms with Crippen LogP contribution < -0.4 is 0 Å². The van der Waals surface area contributed by atoms with Gasteiger partial charge in [-0.1, -0.05) is 0 Å². The highest BCUT2D eigenvalue weighted by molar-refractivity contribution is 6.00. The minimum atomic E-state index is -1.11. The van der Waals surface area contributed by atoms with Crippen molar-refractivity contribution >= 4 is 11.9 Å². The number of carboxylic acids is 2. The maximum absolute atomic E-state index is 11.8. The minimum absolute atomic E-state index is 0.0469. The molecule has 154 valence electrons. The summed E-state index contributed by atoms with van der Waals surface area (Å²) in [5.41, 5.74) is 5.33. The fourth-order valence-corrected chi connectivity index (χ4v) is 3.97. The Hall–Kier alpha value is -3.80. The van der Waals surface area contributed by atoms with Crippen LogP contribution in [0.4, 0.5) is 0 Å². The van der Waals surface area contributed by atoms with Gasteiger partial charge in [-0.15, -0.1) is 0 Å². The van der Waals surface area contributed by atoms with Gasteiger partial charge in [-0.2, -0.15) is 0 Å². The second-order valence-corrected chi connectivity index (χ2v) is 7.32. The van der Waals surface area contributed by atoms with Gasteiger partial charge in [-0.25, -0.2) is 9.59 Å². The van der Waals surface area contributed by atoms with E-state index in [0.29, 0.717) is 22.3 Å². The Labute approximate surface area is 173 Å². The number of phenols is 2. The molecule has 0 amide bonds. The summed E-state index contributed by atoms with van der Waals surface area (Å²) in [5, 5.41) is 39.2. The van der Waals surface area contributed by atoms with Crippen molar-refractivity contribution in [1.29, 1.82) is 0 Å². The number of carboxylic acid groups (broad SMARTS) is 2. The van der Waals surface area contributed by atoms with Gasteiger partial charge >= 0.3 is 11.9 Å². The van der Waals surface area contributed by atoms with Crippen molar-refractivity contribution in [2.75, 3.05) is 0 Å². The number of hydrogen-bond donors (Lipinski definition) is 4. The van der Waals surface area contributed by atoms with Crippen LogP contribution in [0.2, 0.25) is 0 Å². The number of rotatable bonds is 4. The molecule has 3 aromatic carbocycles. The normalized spacial score (nSPS) is 10.8. The van der Waals surface area contributed by atoms with E-state index in [1.54, 1.807) is 0 Å². The summed E-state index contributed by atoms with van der Waals surface area (Å²) in [7, 11) is 0. The van der Waals surface area contributed by atoms with Gasteiger partial charge < -0.3 is 20.4 Å². The minimum Gasteiger partial charge on any atom is -0.508 e. The third kappa shape index (κ3) is 3.37. The first-order valence-corrected chi connectivity index (χ1v) is 9.28. The van der Waals surface area contributed by atoms with E-state index in [1.165, 1.54) is 36.4 Å². The van der Waals surface area contributed by atoms with E-state index in [0.717, 1.165) is 22.3 Å². The lowest BCUT2D eigenvalue weighted by Crippen LogP contribution is -2.06. The van der Waals surface area contributed by atoms with Gasteiger partial charge in [-0.05, 0) is 97.5 Å². The molecule has 0 aliphatic heterocycles. The largest absolute Gasteiger partial charge is 0.508 e. The van der Waals surface area contributed by atoms with E-state index in [9.17, 15) is 30.0 Å². The highest BCUT2D eigenvalue weighted by Gasteiger charge is 2.23. The number of carbonyl (C=O) groups is 2. The Morgan fingerprint density at radius 1 is 0.600 bits per heavy atom. The van der Waals surface area contributed by atoms with Crippen LogP contribution in [0.1, 0.15) is 43.0 Å². The van der Waals surface area contributed by atoms with Crippen molar-refractivity contribution in [3.63, 3.8) is 0 Å². The summed E-state index contributed by atoms with van der Waals surface area (Å²) in [5.74, 6) is -2.31. The molecule has 0 unspecified atom stereocenters. The van der Waals surface area contributed by atoms with E-state index < -0.39 is 11.9 Å². The quantitative estimate of drug-likeness (QED) is 0.481. The van der Waals surface area contributed by atoms with Gasteiger partial charge in [0.2, 0.25) is 0 Å². The van der Waals surface area contributed by atoms with Gasteiger partial charge in [0.1, 0.15) is 11.5 Å². The SMILES string of the molecule is Cc1c(C)c(-c2cc(O)ccc2C(=O)O)c(C)c(C)c1-c1cc(O)ccc1C(=O)O. The van der Waals surface area contributed by atoms with Crippen molar-refractivity contribution < 1.29 is 30.0 Å². The van der Waals surface area contributed by atoms with E-state index >= 15 is 0 Å². The average molecular weight is 406 g/mol. The molecule has 0 spiro atoms. The van der Waals surface area contributed by atoms with E-state index in [2.05, 4.69) is 0 Å². The monoisotopic (exact) mass is 406 g/mol. The van der Waals surface area contributed by atoms with E-state index in [4.69, 9.17) is 0 Å². The van der Waals surface area contributed by atoms with Gasteiger partial charge in [0, 0.05) is 11.1 Å². The zero-order valence-corrected chi connectivity index (χ0v) is 17.1. The van der Waals surface area contributed by atoms with E-state index in [1.807, 2.05) is 27.7 Å². The maximum Gasteiger partial charge on any atom is 0.336 e. The first-order chi connectivity index (χ1) is 14.0. The van der Waals surface area contributed by atoms with Crippen LogP contribution in [0.25, 0.3) is 22.3 Å². The summed E-state index contributed by atoms with van der Waals surface area (Å²) in [4.78, 5) is 23.5. The first kappa shape index (κ1) is 20.9. The third-order valence-electron chi connectivity index (χ3n) is 5.63. The van der Waals surface area contributed by atoms with Crippen LogP contribution in [0.15, 0.2) is 36.4 Å². The molecular formula is C24H22O6. The molecule has 0 radical (unpaired) electrons. The van der Waals surface area contributed by atoms with Crippen molar-refractivity contribution in [1.82, 2.24) is 0 Å². The Balaban J connectivity index is 2.42. The van der Waals surface area contributed by atoms with Gasteiger partial charge in [0.05, 0.1) is 11.1 Å². The van der Waals surface area contributed by atoms with Crippen molar-refractivity contribution in [3.05, 3.63) is 69.8 Å². The Morgan fingerprint density at radius 3 is 1.17 bits per heavy atom. The van der Waals surface area contributed by atoms with Crippen molar-refractivity contribution in [2.24, 2.45) is 0 Å². The number of hydrogen-bond acceptors (Lipinski definition) is 4. The molecule has 0 saturated carbocycles. The lowest BCUT2D eigenvalue weighted by Gasteiger charge is -2.23. The molecule has 6 heteroatoms. The highest BCUT2D eigenvalue weighted by Crippen LogP contribution is 2.42. The smallest absolute Gasteiger partial charge is 0.336 e. The first-order valence-electron chi connectivity index (χ1n) is 9.28. The van der Waals surface area contributed by atoms with Crippen LogP contribution in [-0.2, 0) is 0 Å². The molecule has 6 nitrogen and oxygen atoms in total. The molecule has 0 bridgehead atoms. The van der Waals surface area contributed by atoms with Gasteiger partial charge in [0.15, 0.2) is 0 Å². The number of benzene rings is 3. The highest BCUT2D eigenvalue weighted by atomic mass is 16.4. The number of phenolic OH excluding ortho intramolecular Hbond substituents is 2. The summed E-state index contributed by atoms with van der Waals surface area (Å²) in [6.07, 6.45) is 0. The second-order valence-electron chi connectivity index (χ2n) is 7.32. The third-order valence-corrected chi connectivity index (χ3v) is 5.63. The molecular weight excluding hydrogens is 384 g/mol. The van der Waals surface area contributed by atoms with Crippen LogP contribution >= 0.6 is 0 Å².